The number of anilines is 1. The molecule has 0 aromatic heterocycles. The Labute approximate surface area is 113 Å². The molecular formula is C15H21FN2O. The second-order valence-electron chi connectivity index (χ2n) is 4.98. The van der Waals surface area contributed by atoms with E-state index >= 15 is 0 Å². The molecule has 1 aliphatic rings. The number of benzene rings is 1. The number of carbonyl (C=O) groups excluding carboxylic acids is 1. The largest absolute Gasteiger partial charge is 0.374 e. The van der Waals surface area contributed by atoms with Crippen LogP contribution < -0.4 is 5.32 Å². The first kappa shape index (κ1) is 13.8. The maximum absolute atomic E-state index is 13.4. The summed E-state index contributed by atoms with van der Waals surface area (Å²) >= 11 is 0. The van der Waals surface area contributed by atoms with Crippen molar-refractivity contribution < 1.29 is 9.18 Å². The van der Waals surface area contributed by atoms with E-state index in [2.05, 4.69) is 5.32 Å². The molecule has 1 aromatic carbocycles. The first-order valence-electron chi connectivity index (χ1n) is 7.03. The number of likely N-dealkylation sites (tertiary alicyclic amines) is 1. The Morgan fingerprint density at radius 1 is 1.11 bits per heavy atom. The lowest BCUT2D eigenvalue weighted by atomic mass is 10.1. The molecule has 1 saturated heterocycles. The second-order valence-corrected chi connectivity index (χ2v) is 4.98. The highest BCUT2D eigenvalue weighted by Crippen LogP contribution is 2.13. The van der Waals surface area contributed by atoms with E-state index in [1.807, 2.05) is 4.90 Å². The Bertz CT molecular complexity index is 414. The third-order valence-corrected chi connectivity index (χ3v) is 3.51. The molecule has 2 rings (SSSR count). The molecule has 1 amide bonds. The number of hydrogen-bond donors (Lipinski definition) is 1. The molecular weight excluding hydrogens is 243 g/mol. The number of para-hydroxylation sites is 1. The zero-order valence-corrected chi connectivity index (χ0v) is 11.2. The lowest BCUT2D eigenvalue weighted by molar-refractivity contribution is -0.129. The van der Waals surface area contributed by atoms with Crippen LogP contribution in [-0.4, -0.2) is 30.4 Å². The fraction of sp³-hybridized carbons (Fsp3) is 0.533. The molecule has 104 valence electrons. The fourth-order valence-electron chi connectivity index (χ4n) is 2.38. The minimum absolute atomic E-state index is 0.0603. The van der Waals surface area contributed by atoms with Crippen LogP contribution in [0, 0.1) is 5.82 Å². The lowest BCUT2D eigenvalue weighted by Crippen LogP contribution is -2.37. The lowest BCUT2D eigenvalue weighted by Gasteiger charge is -2.25. The standard InChI is InChI=1S/C15H21FN2O/c16-13-8-4-5-9-14(13)17-12-15(19)18-10-6-2-1-3-7-11-18/h4-5,8-9,17H,1-3,6-7,10-12H2. The molecule has 0 unspecified atom stereocenters. The number of nitrogens with zero attached hydrogens (tertiary/aromatic N) is 1. The molecule has 19 heavy (non-hydrogen) atoms. The maximum atomic E-state index is 13.4. The molecule has 0 spiro atoms. The second kappa shape index (κ2) is 7.12. The van der Waals surface area contributed by atoms with Crippen molar-refractivity contribution in [2.75, 3.05) is 25.0 Å². The van der Waals surface area contributed by atoms with E-state index in [0.29, 0.717) is 5.69 Å². The van der Waals surface area contributed by atoms with Gasteiger partial charge in [-0.1, -0.05) is 31.4 Å². The number of nitrogens with one attached hydrogen (secondary N) is 1. The molecule has 1 aromatic rings. The summed E-state index contributed by atoms with van der Waals surface area (Å²) in [6, 6.07) is 6.44. The predicted molar refractivity (Wildman–Crippen MR) is 74.6 cm³/mol. The highest BCUT2D eigenvalue weighted by Gasteiger charge is 2.14. The zero-order valence-electron chi connectivity index (χ0n) is 11.2. The Morgan fingerprint density at radius 2 is 1.74 bits per heavy atom. The van der Waals surface area contributed by atoms with Gasteiger partial charge in [0, 0.05) is 13.1 Å². The smallest absolute Gasteiger partial charge is 0.241 e. The van der Waals surface area contributed by atoms with Gasteiger partial charge in [0.25, 0.3) is 0 Å². The van der Waals surface area contributed by atoms with Gasteiger partial charge in [-0.2, -0.15) is 0 Å². The first-order chi connectivity index (χ1) is 9.27. The zero-order chi connectivity index (χ0) is 13.5. The van der Waals surface area contributed by atoms with Gasteiger partial charge in [0.1, 0.15) is 5.82 Å². The summed E-state index contributed by atoms with van der Waals surface area (Å²) in [4.78, 5) is 14.0. The van der Waals surface area contributed by atoms with Crippen molar-refractivity contribution in [3.8, 4) is 0 Å². The molecule has 1 aliphatic heterocycles. The van der Waals surface area contributed by atoms with Gasteiger partial charge in [0.2, 0.25) is 5.91 Å². The third kappa shape index (κ3) is 4.23. The minimum atomic E-state index is -0.317. The summed E-state index contributed by atoms with van der Waals surface area (Å²) in [6.07, 6.45) is 5.82. The van der Waals surface area contributed by atoms with Crippen LogP contribution in [0.25, 0.3) is 0 Å². The maximum Gasteiger partial charge on any atom is 0.241 e. The minimum Gasteiger partial charge on any atom is -0.374 e. The van der Waals surface area contributed by atoms with Crippen molar-refractivity contribution in [2.24, 2.45) is 0 Å². The third-order valence-electron chi connectivity index (χ3n) is 3.51. The topological polar surface area (TPSA) is 32.3 Å². The van der Waals surface area contributed by atoms with Gasteiger partial charge < -0.3 is 10.2 Å². The van der Waals surface area contributed by atoms with Crippen LogP contribution in [-0.2, 0) is 4.79 Å². The highest BCUT2D eigenvalue weighted by atomic mass is 19.1. The quantitative estimate of drug-likeness (QED) is 0.910. The Morgan fingerprint density at radius 3 is 2.42 bits per heavy atom. The normalized spacial score (nSPS) is 16.6. The molecule has 0 bridgehead atoms. The molecule has 1 heterocycles. The average Bonchev–Trinajstić information content (AvgIpc) is 2.37. The fourth-order valence-corrected chi connectivity index (χ4v) is 2.38. The van der Waals surface area contributed by atoms with Crippen LogP contribution in [0.1, 0.15) is 32.1 Å². The van der Waals surface area contributed by atoms with Crippen LogP contribution in [0.3, 0.4) is 0 Å². The van der Waals surface area contributed by atoms with E-state index in [1.165, 1.54) is 25.3 Å². The predicted octanol–water partition coefficient (Wildman–Crippen LogP) is 3.03. The van der Waals surface area contributed by atoms with Crippen molar-refractivity contribution in [2.45, 2.75) is 32.1 Å². The van der Waals surface area contributed by atoms with Crippen LogP contribution in [0.4, 0.5) is 10.1 Å². The van der Waals surface area contributed by atoms with E-state index in [1.54, 1.807) is 18.2 Å². The van der Waals surface area contributed by atoms with Gasteiger partial charge in [-0.15, -0.1) is 0 Å². The molecule has 0 atom stereocenters. The van der Waals surface area contributed by atoms with Gasteiger partial charge in [0.05, 0.1) is 12.2 Å². The van der Waals surface area contributed by atoms with E-state index in [9.17, 15) is 9.18 Å². The summed E-state index contributed by atoms with van der Waals surface area (Å²) in [5.41, 5.74) is 0.392. The van der Waals surface area contributed by atoms with Crippen LogP contribution in [0.5, 0.6) is 0 Å². The Kier molecular flexibility index (Phi) is 5.19. The molecule has 4 heteroatoms. The number of halogens is 1. The summed E-state index contributed by atoms with van der Waals surface area (Å²) in [5.74, 6) is -0.256. The Balaban J connectivity index is 1.84. The molecule has 0 aliphatic carbocycles. The van der Waals surface area contributed by atoms with E-state index < -0.39 is 0 Å². The molecule has 0 saturated carbocycles. The SMILES string of the molecule is O=C(CNc1ccccc1F)N1CCCCCCC1. The highest BCUT2D eigenvalue weighted by molar-refractivity contribution is 5.80. The number of rotatable bonds is 3. The van der Waals surface area contributed by atoms with E-state index in [-0.39, 0.29) is 18.3 Å². The molecule has 1 N–H and O–H groups in total. The summed E-state index contributed by atoms with van der Waals surface area (Å²) < 4.78 is 13.4. The van der Waals surface area contributed by atoms with Crippen molar-refractivity contribution in [3.63, 3.8) is 0 Å². The van der Waals surface area contributed by atoms with Crippen molar-refractivity contribution in [1.82, 2.24) is 4.90 Å². The summed E-state index contributed by atoms with van der Waals surface area (Å²) in [7, 11) is 0. The van der Waals surface area contributed by atoms with E-state index in [0.717, 1.165) is 25.9 Å². The summed E-state index contributed by atoms with van der Waals surface area (Å²) in [6.45, 7) is 1.83. The Hall–Kier alpha value is -1.58. The van der Waals surface area contributed by atoms with Crippen LogP contribution >= 0.6 is 0 Å². The number of amides is 1. The first-order valence-corrected chi connectivity index (χ1v) is 7.03. The molecule has 3 nitrogen and oxygen atoms in total. The van der Waals surface area contributed by atoms with E-state index in [4.69, 9.17) is 0 Å². The molecule has 1 fully saturated rings. The van der Waals surface area contributed by atoms with Gasteiger partial charge in [-0.05, 0) is 25.0 Å². The van der Waals surface area contributed by atoms with Crippen molar-refractivity contribution >= 4 is 11.6 Å². The van der Waals surface area contributed by atoms with Gasteiger partial charge in [-0.3, -0.25) is 4.79 Å². The van der Waals surface area contributed by atoms with Gasteiger partial charge in [-0.25, -0.2) is 4.39 Å². The monoisotopic (exact) mass is 264 g/mol. The van der Waals surface area contributed by atoms with Crippen molar-refractivity contribution in [1.29, 1.82) is 0 Å². The van der Waals surface area contributed by atoms with Crippen molar-refractivity contribution in [3.05, 3.63) is 30.1 Å². The van der Waals surface area contributed by atoms with Crippen LogP contribution in [0.15, 0.2) is 24.3 Å². The number of carbonyl (C=O) groups is 1. The van der Waals surface area contributed by atoms with Gasteiger partial charge in [0.15, 0.2) is 0 Å². The van der Waals surface area contributed by atoms with Crippen LogP contribution in [0.2, 0.25) is 0 Å². The molecule has 0 radical (unpaired) electrons. The number of hydrogen-bond acceptors (Lipinski definition) is 2. The van der Waals surface area contributed by atoms with Gasteiger partial charge >= 0.3 is 0 Å². The summed E-state index contributed by atoms with van der Waals surface area (Å²) in [5, 5.41) is 2.88. The average molecular weight is 264 g/mol.